The average molecular weight is 453 g/mol. The molecule has 2 aliphatic heterocycles. The third-order valence-electron chi connectivity index (χ3n) is 8.03. The smallest absolute Gasteiger partial charge is 0.234 e. The molecule has 4 amide bonds. The lowest BCUT2D eigenvalue weighted by Crippen LogP contribution is -2.43. The molecular weight excluding hydrogens is 424 g/mol. The summed E-state index contributed by atoms with van der Waals surface area (Å²) in [5.41, 5.74) is 1.39. The minimum atomic E-state index is -0.649. The van der Waals surface area contributed by atoms with Crippen molar-refractivity contribution in [2.24, 2.45) is 29.6 Å². The molecule has 1 N–H and O–H groups in total. The molecule has 174 valence electrons. The van der Waals surface area contributed by atoms with Crippen LogP contribution in [-0.2, 0) is 19.2 Å². The van der Waals surface area contributed by atoms with Gasteiger partial charge in [-0.3, -0.25) is 29.0 Å². The van der Waals surface area contributed by atoms with E-state index in [1.165, 1.54) is 23.0 Å². The first-order chi connectivity index (χ1) is 15.8. The van der Waals surface area contributed by atoms with E-state index in [2.05, 4.69) is 0 Å². The van der Waals surface area contributed by atoms with E-state index in [0.29, 0.717) is 30.7 Å². The maximum Gasteiger partial charge on any atom is 0.234 e. The van der Waals surface area contributed by atoms with E-state index >= 15 is 0 Å². The number of fused-ring (bicyclic) bond motifs is 4. The summed E-state index contributed by atoms with van der Waals surface area (Å²) in [6, 6.07) is 4.87. The highest BCUT2D eigenvalue weighted by Crippen LogP contribution is 2.58. The predicted molar refractivity (Wildman–Crippen MR) is 117 cm³/mol. The van der Waals surface area contributed by atoms with Crippen molar-refractivity contribution in [3.8, 4) is 11.5 Å². The first-order valence-electron chi connectivity index (χ1n) is 11.6. The Morgan fingerprint density at radius 1 is 0.909 bits per heavy atom. The van der Waals surface area contributed by atoms with Crippen LogP contribution in [0.2, 0.25) is 0 Å². The lowest BCUT2D eigenvalue weighted by Gasteiger charge is -2.44. The van der Waals surface area contributed by atoms with Crippen LogP contribution in [0.5, 0.6) is 11.5 Å². The number of benzene rings is 1. The van der Waals surface area contributed by atoms with Crippen molar-refractivity contribution in [2.45, 2.75) is 32.6 Å². The highest BCUT2D eigenvalue weighted by molar-refractivity contribution is 6.08. The van der Waals surface area contributed by atoms with Crippen LogP contribution in [-0.4, -0.2) is 58.7 Å². The summed E-state index contributed by atoms with van der Waals surface area (Å²) in [6.45, 7) is 4.15. The van der Waals surface area contributed by atoms with Crippen molar-refractivity contribution in [3.63, 3.8) is 0 Å². The molecule has 8 nitrogen and oxygen atoms in total. The summed E-state index contributed by atoms with van der Waals surface area (Å²) < 4.78 is 5.37. The fraction of sp³-hybridized carbons (Fsp3) is 0.520. The fourth-order valence-electron chi connectivity index (χ4n) is 6.60. The zero-order valence-electron chi connectivity index (χ0n) is 19.0. The normalized spacial score (nSPS) is 33.1. The topological polar surface area (TPSA) is 104 Å². The zero-order valence-corrected chi connectivity index (χ0v) is 19.0. The van der Waals surface area contributed by atoms with Crippen molar-refractivity contribution < 1.29 is 29.0 Å². The van der Waals surface area contributed by atoms with Gasteiger partial charge in [0, 0.05) is 24.6 Å². The number of carbonyl (C=O) groups is 4. The number of rotatable bonds is 4. The summed E-state index contributed by atoms with van der Waals surface area (Å²) in [5, 5.41) is 10.8. The van der Waals surface area contributed by atoms with Crippen LogP contribution in [0.3, 0.4) is 0 Å². The second-order valence-corrected chi connectivity index (χ2v) is 9.29. The first-order valence-corrected chi connectivity index (χ1v) is 11.6. The standard InChI is InChI=1S/C25H28N2O6/c1-4-26-22(29)14-8-7-13-15(20(14)24(26)31)11-17-21(25(32)27(5-2)23(17)30)19(13)16-10-12(33-3)6-9-18(16)28/h6-7,9-10,14-15,17,19-21,28H,4-5,8,11H2,1-3H3. The SMILES string of the molecule is CCN1C(=O)C2CC=C3C(CC4C(=O)N(CC)C(=O)C4C3c3cc(OC)ccc3O)C2C1=O. The number of likely N-dealkylation sites (tertiary alicyclic amines) is 2. The van der Waals surface area contributed by atoms with E-state index in [1.54, 1.807) is 26.0 Å². The molecule has 5 rings (SSSR count). The van der Waals surface area contributed by atoms with Crippen LogP contribution in [0.15, 0.2) is 29.8 Å². The van der Waals surface area contributed by atoms with Gasteiger partial charge in [0.15, 0.2) is 0 Å². The molecule has 0 aromatic heterocycles. The number of allylic oxidation sites excluding steroid dienone is 2. The van der Waals surface area contributed by atoms with Crippen molar-refractivity contribution in [1.29, 1.82) is 0 Å². The Hall–Kier alpha value is -3.16. The third kappa shape index (κ3) is 2.89. The Labute approximate surface area is 192 Å². The Kier molecular flexibility index (Phi) is 5.06. The monoisotopic (exact) mass is 452 g/mol. The number of phenols is 1. The number of carbonyl (C=O) groups excluding carboxylic acids is 4. The number of imide groups is 2. The van der Waals surface area contributed by atoms with Gasteiger partial charge in [0.1, 0.15) is 11.5 Å². The second-order valence-electron chi connectivity index (χ2n) is 9.29. The van der Waals surface area contributed by atoms with Gasteiger partial charge in [-0.25, -0.2) is 0 Å². The molecule has 2 saturated heterocycles. The second kappa shape index (κ2) is 7.71. The maximum atomic E-state index is 13.4. The molecule has 33 heavy (non-hydrogen) atoms. The summed E-state index contributed by atoms with van der Waals surface area (Å²) in [6.07, 6.45) is 2.74. The molecule has 0 spiro atoms. The Bertz CT molecular complexity index is 1090. The van der Waals surface area contributed by atoms with Gasteiger partial charge in [-0.1, -0.05) is 11.6 Å². The molecule has 2 heterocycles. The molecule has 2 aliphatic carbocycles. The number of nitrogens with zero attached hydrogens (tertiary/aromatic N) is 2. The quantitative estimate of drug-likeness (QED) is 0.554. The van der Waals surface area contributed by atoms with E-state index in [9.17, 15) is 24.3 Å². The molecule has 0 bridgehead atoms. The van der Waals surface area contributed by atoms with Crippen molar-refractivity contribution in [3.05, 3.63) is 35.4 Å². The molecule has 0 radical (unpaired) electrons. The summed E-state index contributed by atoms with van der Waals surface area (Å²) in [5.74, 6) is -3.38. The van der Waals surface area contributed by atoms with Gasteiger partial charge in [-0.2, -0.15) is 0 Å². The number of phenolic OH excluding ortho intramolecular Hbond substituents is 1. The number of ether oxygens (including phenoxy) is 1. The number of hydrogen-bond donors (Lipinski definition) is 1. The van der Waals surface area contributed by atoms with Crippen LogP contribution >= 0.6 is 0 Å². The van der Waals surface area contributed by atoms with Gasteiger partial charge in [0.2, 0.25) is 23.6 Å². The minimum absolute atomic E-state index is 0.0161. The largest absolute Gasteiger partial charge is 0.508 e. The first kappa shape index (κ1) is 21.7. The molecule has 1 aromatic carbocycles. The number of aromatic hydroxyl groups is 1. The molecule has 1 aromatic rings. The zero-order chi connectivity index (χ0) is 23.6. The van der Waals surface area contributed by atoms with Gasteiger partial charge >= 0.3 is 0 Å². The summed E-state index contributed by atoms with van der Waals surface area (Å²) >= 11 is 0. The Morgan fingerprint density at radius 2 is 1.55 bits per heavy atom. The Morgan fingerprint density at radius 3 is 2.18 bits per heavy atom. The number of hydrogen-bond acceptors (Lipinski definition) is 6. The predicted octanol–water partition coefficient (Wildman–Crippen LogP) is 2.08. The minimum Gasteiger partial charge on any atom is -0.508 e. The van der Waals surface area contributed by atoms with Crippen LogP contribution in [0.25, 0.3) is 0 Å². The Balaban J connectivity index is 1.67. The van der Waals surface area contributed by atoms with Crippen molar-refractivity contribution in [2.75, 3.05) is 20.2 Å². The van der Waals surface area contributed by atoms with E-state index < -0.39 is 29.6 Å². The van der Waals surface area contributed by atoms with Crippen LogP contribution in [0.1, 0.15) is 38.2 Å². The lowest BCUT2D eigenvalue weighted by molar-refractivity contribution is -0.141. The number of methoxy groups -OCH3 is 1. The summed E-state index contributed by atoms with van der Waals surface area (Å²) in [7, 11) is 1.53. The summed E-state index contributed by atoms with van der Waals surface area (Å²) in [4.78, 5) is 55.3. The highest BCUT2D eigenvalue weighted by atomic mass is 16.5. The van der Waals surface area contributed by atoms with E-state index in [0.717, 1.165) is 5.57 Å². The maximum absolute atomic E-state index is 13.4. The van der Waals surface area contributed by atoms with Gasteiger partial charge in [0.05, 0.1) is 30.8 Å². The van der Waals surface area contributed by atoms with Crippen LogP contribution in [0, 0.1) is 29.6 Å². The van der Waals surface area contributed by atoms with Gasteiger partial charge in [-0.15, -0.1) is 0 Å². The van der Waals surface area contributed by atoms with Gasteiger partial charge in [0.25, 0.3) is 0 Å². The van der Waals surface area contributed by atoms with E-state index in [-0.39, 0.29) is 41.8 Å². The van der Waals surface area contributed by atoms with E-state index in [1.807, 2.05) is 6.08 Å². The third-order valence-corrected chi connectivity index (χ3v) is 8.03. The molecule has 8 heteroatoms. The molecule has 1 saturated carbocycles. The molecule has 6 atom stereocenters. The fourth-order valence-corrected chi connectivity index (χ4v) is 6.60. The van der Waals surface area contributed by atoms with Crippen LogP contribution < -0.4 is 4.74 Å². The highest BCUT2D eigenvalue weighted by Gasteiger charge is 2.61. The van der Waals surface area contributed by atoms with Gasteiger partial charge in [-0.05, 0) is 50.8 Å². The molecule has 3 fully saturated rings. The van der Waals surface area contributed by atoms with Crippen molar-refractivity contribution in [1.82, 2.24) is 9.80 Å². The average Bonchev–Trinajstić information content (AvgIpc) is 3.21. The van der Waals surface area contributed by atoms with Crippen LogP contribution in [0.4, 0.5) is 0 Å². The molecule has 6 unspecified atom stereocenters. The van der Waals surface area contributed by atoms with Gasteiger partial charge < -0.3 is 9.84 Å². The van der Waals surface area contributed by atoms with Crippen molar-refractivity contribution >= 4 is 23.6 Å². The number of amides is 4. The molecular formula is C25H28N2O6. The van der Waals surface area contributed by atoms with E-state index in [4.69, 9.17) is 4.74 Å². The molecule has 4 aliphatic rings. The lowest BCUT2D eigenvalue weighted by atomic mass is 9.57.